The SMILES string of the molecule is NCC1CCN(Cc2ccc(F)c(C(F)(F)F)c2)CC1. The summed E-state index contributed by atoms with van der Waals surface area (Å²) in [6.45, 7) is 2.71. The second kappa shape index (κ2) is 6.10. The number of nitrogens with zero attached hydrogens (tertiary/aromatic N) is 1. The predicted molar refractivity (Wildman–Crippen MR) is 68.5 cm³/mol. The van der Waals surface area contributed by atoms with E-state index in [1.54, 1.807) is 0 Å². The van der Waals surface area contributed by atoms with Gasteiger partial charge >= 0.3 is 6.18 Å². The lowest BCUT2D eigenvalue weighted by atomic mass is 9.96. The number of benzene rings is 1. The average Bonchev–Trinajstić information content (AvgIpc) is 2.40. The topological polar surface area (TPSA) is 29.3 Å². The van der Waals surface area contributed by atoms with Crippen molar-refractivity contribution in [3.05, 3.63) is 35.1 Å². The summed E-state index contributed by atoms with van der Waals surface area (Å²) in [7, 11) is 0. The van der Waals surface area contributed by atoms with Crippen LogP contribution in [-0.2, 0) is 12.7 Å². The standard InChI is InChI=1S/C14H18F4N2/c15-13-2-1-11(7-12(13)14(16,17)18)9-20-5-3-10(8-19)4-6-20/h1-2,7,10H,3-6,8-9,19H2. The van der Waals surface area contributed by atoms with Gasteiger partial charge in [0.2, 0.25) is 0 Å². The molecule has 6 heteroatoms. The molecule has 1 aliphatic rings. The molecule has 2 nitrogen and oxygen atoms in total. The molecule has 0 unspecified atom stereocenters. The lowest BCUT2D eigenvalue weighted by Gasteiger charge is -2.31. The minimum atomic E-state index is -4.65. The van der Waals surface area contributed by atoms with Crippen molar-refractivity contribution in [3.63, 3.8) is 0 Å². The van der Waals surface area contributed by atoms with Gasteiger partial charge in [-0.2, -0.15) is 13.2 Å². The fourth-order valence-corrected chi connectivity index (χ4v) is 2.53. The van der Waals surface area contributed by atoms with Gasteiger partial charge in [0.05, 0.1) is 5.56 Å². The summed E-state index contributed by atoms with van der Waals surface area (Å²) in [5, 5.41) is 0. The summed E-state index contributed by atoms with van der Waals surface area (Å²) in [5.74, 6) is -0.715. The van der Waals surface area contributed by atoms with Crippen molar-refractivity contribution >= 4 is 0 Å². The summed E-state index contributed by atoms with van der Waals surface area (Å²) < 4.78 is 51.1. The Hall–Kier alpha value is -1.14. The Kier molecular flexibility index (Phi) is 4.65. The maximum absolute atomic E-state index is 13.2. The first-order chi connectivity index (χ1) is 9.40. The molecule has 0 aromatic heterocycles. The summed E-state index contributed by atoms with van der Waals surface area (Å²) in [6, 6.07) is 3.22. The molecule has 1 aromatic carbocycles. The van der Waals surface area contributed by atoms with E-state index < -0.39 is 17.6 Å². The van der Waals surface area contributed by atoms with Crippen molar-refractivity contribution in [1.29, 1.82) is 0 Å². The predicted octanol–water partition coefficient (Wildman–Crippen LogP) is 3.02. The van der Waals surface area contributed by atoms with Gasteiger partial charge in [0.25, 0.3) is 0 Å². The Morgan fingerprint density at radius 2 is 1.85 bits per heavy atom. The molecular formula is C14H18F4N2. The van der Waals surface area contributed by atoms with Crippen LogP contribution < -0.4 is 5.73 Å². The molecule has 0 amide bonds. The highest BCUT2D eigenvalue weighted by Gasteiger charge is 2.34. The molecule has 0 spiro atoms. The van der Waals surface area contributed by atoms with Crippen LogP contribution in [0.15, 0.2) is 18.2 Å². The Bertz CT molecular complexity index is 451. The van der Waals surface area contributed by atoms with Crippen LogP contribution in [-0.4, -0.2) is 24.5 Å². The summed E-state index contributed by atoms with van der Waals surface area (Å²) >= 11 is 0. The van der Waals surface area contributed by atoms with Gasteiger partial charge in [-0.05, 0) is 56.1 Å². The maximum atomic E-state index is 13.2. The molecule has 0 atom stereocenters. The highest BCUT2D eigenvalue weighted by Crippen LogP contribution is 2.32. The van der Waals surface area contributed by atoms with Gasteiger partial charge in [0.1, 0.15) is 5.82 Å². The van der Waals surface area contributed by atoms with Crippen LogP contribution in [0.4, 0.5) is 17.6 Å². The summed E-state index contributed by atoms with van der Waals surface area (Å²) in [4.78, 5) is 2.08. The second-order valence-corrected chi connectivity index (χ2v) is 5.27. The molecule has 112 valence electrons. The average molecular weight is 290 g/mol. The molecule has 1 saturated heterocycles. The fraction of sp³-hybridized carbons (Fsp3) is 0.571. The molecule has 1 heterocycles. The van der Waals surface area contributed by atoms with E-state index >= 15 is 0 Å². The molecule has 1 aliphatic heterocycles. The third-order valence-corrected chi connectivity index (χ3v) is 3.78. The van der Waals surface area contributed by atoms with Gasteiger partial charge in [-0.1, -0.05) is 6.07 Å². The first-order valence-corrected chi connectivity index (χ1v) is 6.68. The monoisotopic (exact) mass is 290 g/mol. The zero-order valence-electron chi connectivity index (χ0n) is 11.1. The fourth-order valence-electron chi connectivity index (χ4n) is 2.53. The highest BCUT2D eigenvalue weighted by atomic mass is 19.4. The van der Waals surface area contributed by atoms with Crippen LogP contribution >= 0.6 is 0 Å². The van der Waals surface area contributed by atoms with E-state index in [2.05, 4.69) is 4.90 Å². The molecule has 0 aliphatic carbocycles. The van der Waals surface area contributed by atoms with Crippen molar-refractivity contribution in [3.8, 4) is 0 Å². The summed E-state index contributed by atoms with van der Waals surface area (Å²) in [5.41, 5.74) is 4.90. The van der Waals surface area contributed by atoms with Crippen LogP contribution in [0, 0.1) is 11.7 Å². The van der Waals surface area contributed by atoms with E-state index in [1.807, 2.05) is 0 Å². The van der Waals surface area contributed by atoms with E-state index in [1.165, 1.54) is 6.07 Å². The zero-order chi connectivity index (χ0) is 14.8. The van der Waals surface area contributed by atoms with Gasteiger partial charge in [0.15, 0.2) is 0 Å². The minimum Gasteiger partial charge on any atom is -0.330 e. The Balaban J connectivity index is 2.04. The number of rotatable bonds is 3. The van der Waals surface area contributed by atoms with Crippen molar-refractivity contribution in [2.24, 2.45) is 11.7 Å². The van der Waals surface area contributed by atoms with Crippen molar-refractivity contribution in [2.45, 2.75) is 25.6 Å². The van der Waals surface area contributed by atoms with Gasteiger partial charge in [-0.25, -0.2) is 4.39 Å². The number of piperidine rings is 1. The largest absolute Gasteiger partial charge is 0.419 e. The van der Waals surface area contributed by atoms with E-state index in [0.717, 1.165) is 38.1 Å². The highest BCUT2D eigenvalue weighted by molar-refractivity contribution is 5.27. The number of alkyl halides is 3. The molecule has 1 fully saturated rings. The first-order valence-electron chi connectivity index (χ1n) is 6.68. The molecule has 0 radical (unpaired) electrons. The maximum Gasteiger partial charge on any atom is 0.419 e. The number of hydrogen-bond acceptors (Lipinski definition) is 2. The van der Waals surface area contributed by atoms with Gasteiger partial charge in [-0.15, -0.1) is 0 Å². The smallest absolute Gasteiger partial charge is 0.330 e. The normalized spacial score (nSPS) is 18.4. The van der Waals surface area contributed by atoms with Gasteiger partial charge < -0.3 is 5.73 Å². The van der Waals surface area contributed by atoms with Gasteiger partial charge in [-0.3, -0.25) is 4.90 Å². The molecule has 0 bridgehead atoms. The van der Waals surface area contributed by atoms with Crippen molar-refractivity contribution < 1.29 is 17.6 Å². The van der Waals surface area contributed by atoms with Crippen LogP contribution in [0.25, 0.3) is 0 Å². The third kappa shape index (κ3) is 3.70. The van der Waals surface area contributed by atoms with E-state index in [9.17, 15) is 17.6 Å². The quantitative estimate of drug-likeness (QED) is 0.867. The van der Waals surface area contributed by atoms with E-state index in [-0.39, 0.29) is 0 Å². The second-order valence-electron chi connectivity index (χ2n) is 5.27. The Morgan fingerprint density at radius 3 is 2.40 bits per heavy atom. The zero-order valence-corrected chi connectivity index (χ0v) is 11.1. The van der Waals surface area contributed by atoms with E-state index in [0.29, 0.717) is 24.6 Å². The van der Waals surface area contributed by atoms with Gasteiger partial charge in [0, 0.05) is 6.54 Å². The van der Waals surface area contributed by atoms with Crippen molar-refractivity contribution in [2.75, 3.05) is 19.6 Å². The minimum absolute atomic E-state index is 0.417. The molecule has 2 N–H and O–H groups in total. The molecule has 0 saturated carbocycles. The van der Waals surface area contributed by atoms with Crippen molar-refractivity contribution in [1.82, 2.24) is 4.90 Å². The van der Waals surface area contributed by atoms with Crippen LogP contribution in [0.2, 0.25) is 0 Å². The number of likely N-dealkylation sites (tertiary alicyclic amines) is 1. The van der Waals surface area contributed by atoms with Crippen LogP contribution in [0.5, 0.6) is 0 Å². The number of nitrogens with two attached hydrogens (primary N) is 1. The Labute approximate surface area is 115 Å². The number of hydrogen-bond donors (Lipinski definition) is 1. The molecule has 20 heavy (non-hydrogen) atoms. The lowest BCUT2D eigenvalue weighted by molar-refractivity contribution is -0.140. The Morgan fingerprint density at radius 1 is 1.20 bits per heavy atom. The third-order valence-electron chi connectivity index (χ3n) is 3.78. The molecule has 2 rings (SSSR count). The lowest BCUT2D eigenvalue weighted by Crippen LogP contribution is -2.35. The molecular weight excluding hydrogens is 272 g/mol. The first kappa shape index (κ1) is 15.3. The van der Waals surface area contributed by atoms with E-state index in [4.69, 9.17) is 5.73 Å². The van der Waals surface area contributed by atoms with Crippen LogP contribution in [0.1, 0.15) is 24.0 Å². The molecule has 1 aromatic rings. The van der Waals surface area contributed by atoms with Crippen LogP contribution in [0.3, 0.4) is 0 Å². The number of halogens is 4. The summed E-state index contributed by atoms with van der Waals surface area (Å²) in [6.07, 6.45) is -2.72.